The highest BCUT2D eigenvalue weighted by atomic mass is 31.2. The van der Waals surface area contributed by atoms with E-state index in [9.17, 15) is 4.79 Å². The van der Waals surface area contributed by atoms with Gasteiger partial charge in [0.25, 0.3) is 8.53 Å². The third kappa shape index (κ3) is 8.66. The first kappa shape index (κ1) is 28.3. The van der Waals surface area contributed by atoms with Crippen molar-refractivity contribution < 1.29 is 23.3 Å². The van der Waals surface area contributed by atoms with Crippen molar-refractivity contribution in [3.8, 4) is 5.75 Å². The topological polar surface area (TPSA) is 74.2 Å². The lowest BCUT2D eigenvalue weighted by molar-refractivity contribution is -0.149. The zero-order chi connectivity index (χ0) is 26.0. The van der Waals surface area contributed by atoms with E-state index in [0.29, 0.717) is 6.73 Å². The Hall–Kier alpha value is -1.70. The van der Waals surface area contributed by atoms with Gasteiger partial charge < -0.3 is 28.0 Å². The van der Waals surface area contributed by atoms with E-state index < -0.39 is 8.53 Å². The molecule has 0 bridgehead atoms. The maximum absolute atomic E-state index is 12.5. The summed E-state index contributed by atoms with van der Waals surface area (Å²) in [5.41, 5.74) is 2.34. The van der Waals surface area contributed by atoms with Crippen molar-refractivity contribution in [1.82, 2.24) is 14.6 Å². The van der Waals surface area contributed by atoms with Gasteiger partial charge >= 0.3 is 5.97 Å². The second-order valence-corrected chi connectivity index (χ2v) is 11.8. The molecule has 1 atom stereocenters. The molecular weight excluding hydrogens is 489 g/mol. The number of ether oxygens (including phenoxy) is 2. The van der Waals surface area contributed by atoms with Gasteiger partial charge in [0.2, 0.25) is 0 Å². The second-order valence-electron chi connectivity index (χ2n) is 10.5. The summed E-state index contributed by atoms with van der Waals surface area (Å²) in [6, 6.07) is 6.18. The van der Waals surface area contributed by atoms with Gasteiger partial charge in [-0.1, -0.05) is 25.7 Å². The summed E-state index contributed by atoms with van der Waals surface area (Å²) in [7, 11) is 4.42. The number of hydrogen-bond acceptors (Lipinski definition) is 7. The molecular formula is C28H44N3O5P. The Morgan fingerprint density at radius 1 is 1.05 bits per heavy atom. The summed E-state index contributed by atoms with van der Waals surface area (Å²) in [5.74, 6) is 0.590. The predicted octanol–water partition coefficient (Wildman–Crippen LogP) is 5.77. The highest BCUT2D eigenvalue weighted by molar-refractivity contribution is 7.45. The lowest BCUT2D eigenvalue weighted by atomic mass is 9.98. The molecule has 4 rings (SSSR count). The van der Waals surface area contributed by atoms with Crippen molar-refractivity contribution in [3.05, 3.63) is 30.0 Å². The first-order valence-electron chi connectivity index (χ1n) is 13.8. The van der Waals surface area contributed by atoms with Gasteiger partial charge in [-0.3, -0.25) is 4.79 Å². The highest BCUT2D eigenvalue weighted by Crippen LogP contribution is 2.40. The zero-order valence-electron chi connectivity index (χ0n) is 22.7. The smallest absolute Gasteiger partial charge is 0.320 e. The van der Waals surface area contributed by atoms with E-state index in [2.05, 4.69) is 47.0 Å². The molecule has 2 aliphatic rings. The van der Waals surface area contributed by atoms with Crippen molar-refractivity contribution in [2.75, 3.05) is 34.3 Å². The van der Waals surface area contributed by atoms with Crippen molar-refractivity contribution >= 4 is 25.4 Å². The molecule has 0 radical (unpaired) electrons. The highest BCUT2D eigenvalue weighted by Gasteiger charge is 2.24. The predicted molar refractivity (Wildman–Crippen MR) is 148 cm³/mol. The number of aromatic nitrogens is 1. The van der Waals surface area contributed by atoms with Crippen LogP contribution in [0.2, 0.25) is 0 Å². The molecule has 1 aromatic heterocycles. The number of carbonyl (C=O) groups is 1. The molecule has 1 N–H and O–H groups in total. The fourth-order valence-corrected chi connectivity index (χ4v) is 6.39. The SMILES string of the molecule is COc1ccc2c(CCN(C)C)cn(COP(NCC(=O)OC3CCCCC3)OC3CCCCC3)c2c1. The van der Waals surface area contributed by atoms with Gasteiger partial charge in [-0.15, -0.1) is 0 Å². The largest absolute Gasteiger partial charge is 0.497 e. The van der Waals surface area contributed by atoms with Gasteiger partial charge in [0.15, 0.2) is 0 Å². The minimum Gasteiger partial charge on any atom is -0.497 e. The lowest BCUT2D eigenvalue weighted by Crippen LogP contribution is -2.29. The van der Waals surface area contributed by atoms with E-state index in [-0.39, 0.29) is 24.7 Å². The van der Waals surface area contributed by atoms with E-state index >= 15 is 0 Å². The molecule has 1 heterocycles. The number of nitrogens with one attached hydrogen (secondary N) is 1. The number of hydrogen-bond donors (Lipinski definition) is 1. The summed E-state index contributed by atoms with van der Waals surface area (Å²) in [4.78, 5) is 14.7. The van der Waals surface area contributed by atoms with Crippen molar-refractivity contribution in [1.29, 1.82) is 0 Å². The van der Waals surface area contributed by atoms with E-state index in [1.165, 1.54) is 36.6 Å². The average molecular weight is 534 g/mol. The normalized spacial score (nSPS) is 18.4. The lowest BCUT2D eigenvalue weighted by Gasteiger charge is -2.27. The monoisotopic (exact) mass is 533 g/mol. The quantitative estimate of drug-likeness (QED) is 0.259. The number of likely N-dealkylation sites (N-methyl/N-ethyl adjacent to an activating group) is 1. The summed E-state index contributed by atoms with van der Waals surface area (Å²) >= 11 is 0. The van der Waals surface area contributed by atoms with Gasteiger partial charge in [0, 0.05) is 24.2 Å². The molecule has 0 spiro atoms. The average Bonchev–Trinajstić information content (AvgIpc) is 3.26. The third-order valence-electron chi connectivity index (χ3n) is 7.31. The molecule has 206 valence electrons. The van der Waals surface area contributed by atoms with Gasteiger partial charge in [0.1, 0.15) is 25.1 Å². The van der Waals surface area contributed by atoms with Gasteiger partial charge in [-0.05, 0) is 76.7 Å². The molecule has 1 unspecified atom stereocenters. The van der Waals surface area contributed by atoms with Crippen LogP contribution in [0.3, 0.4) is 0 Å². The molecule has 0 aliphatic heterocycles. The van der Waals surface area contributed by atoms with Crippen LogP contribution in [-0.4, -0.2) is 61.9 Å². The molecule has 2 saturated carbocycles. The minimum absolute atomic E-state index is 0.0521. The number of methoxy groups -OCH3 is 1. The number of benzene rings is 1. The standard InChI is InChI=1S/C28H44N3O5P/c1-30(2)17-16-22-20-31(27-18-25(33-3)14-15-26(22)27)21-34-37(36-24-12-8-5-9-13-24)29-19-28(32)35-23-10-6-4-7-11-23/h14-15,18,20,23-24,29H,4-13,16-17,19,21H2,1-3H3. The molecule has 1 aromatic carbocycles. The summed E-state index contributed by atoms with van der Waals surface area (Å²) in [6.07, 6.45) is 14.5. The molecule has 0 saturated heterocycles. The molecule has 2 fully saturated rings. The van der Waals surface area contributed by atoms with Crippen molar-refractivity contribution in [2.45, 2.75) is 89.6 Å². The maximum atomic E-state index is 12.5. The number of esters is 1. The summed E-state index contributed by atoms with van der Waals surface area (Å²) in [5, 5.41) is 4.45. The minimum atomic E-state index is -1.45. The van der Waals surface area contributed by atoms with Crippen LogP contribution < -0.4 is 9.82 Å². The van der Waals surface area contributed by atoms with E-state index in [1.54, 1.807) is 7.11 Å². The fourth-order valence-electron chi connectivity index (χ4n) is 5.20. The Kier molecular flexibility index (Phi) is 11.1. The van der Waals surface area contributed by atoms with Crippen LogP contribution in [0.1, 0.15) is 69.8 Å². The molecule has 2 aromatic rings. The number of carbonyl (C=O) groups excluding carboxylic acids is 1. The maximum Gasteiger partial charge on any atom is 0.320 e. The van der Waals surface area contributed by atoms with Crippen LogP contribution in [0.5, 0.6) is 5.75 Å². The van der Waals surface area contributed by atoms with Crippen LogP contribution >= 0.6 is 8.53 Å². The van der Waals surface area contributed by atoms with E-state index in [4.69, 9.17) is 18.5 Å². The first-order valence-corrected chi connectivity index (χ1v) is 15.0. The van der Waals surface area contributed by atoms with Gasteiger partial charge in [-0.2, -0.15) is 0 Å². The number of rotatable bonds is 13. The Labute approximate surface area is 222 Å². The second kappa shape index (κ2) is 14.5. The number of nitrogens with zero attached hydrogens (tertiary/aromatic N) is 2. The Bertz CT molecular complexity index is 986. The Morgan fingerprint density at radius 2 is 1.76 bits per heavy atom. The van der Waals surface area contributed by atoms with Crippen LogP contribution in [0, 0.1) is 0 Å². The van der Waals surface area contributed by atoms with Gasteiger partial charge in [-0.25, -0.2) is 5.09 Å². The van der Waals surface area contributed by atoms with Crippen LogP contribution in [0.15, 0.2) is 24.4 Å². The summed E-state index contributed by atoms with van der Waals surface area (Å²) in [6.45, 7) is 1.39. The Balaban J connectivity index is 1.42. The fraction of sp³-hybridized carbons (Fsp3) is 0.679. The number of fused-ring (bicyclic) bond motifs is 1. The third-order valence-corrected chi connectivity index (χ3v) is 8.57. The first-order chi connectivity index (χ1) is 18.0. The molecule has 2 aliphatic carbocycles. The summed E-state index contributed by atoms with van der Waals surface area (Å²) < 4.78 is 26.0. The molecule has 0 amide bonds. The molecule has 9 heteroatoms. The van der Waals surface area contributed by atoms with Crippen LogP contribution in [-0.2, 0) is 31.7 Å². The van der Waals surface area contributed by atoms with E-state index in [1.807, 2.05) is 6.07 Å². The van der Waals surface area contributed by atoms with Crippen molar-refractivity contribution in [3.63, 3.8) is 0 Å². The molecule has 37 heavy (non-hydrogen) atoms. The molecule has 8 nitrogen and oxygen atoms in total. The zero-order valence-corrected chi connectivity index (χ0v) is 23.6. The van der Waals surface area contributed by atoms with E-state index in [0.717, 1.165) is 62.8 Å². The Morgan fingerprint density at radius 3 is 2.43 bits per heavy atom. The van der Waals surface area contributed by atoms with Crippen LogP contribution in [0.25, 0.3) is 10.9 Å². The van der Waals surface area contributed by atoms with Gasteiger partial charge in [0.05, 0.1) is 18.7 Å². The van der Waals surface area contributed by atoms with Crippen LogP contribution in [0.4, 0.5) is 0 Å². The van der Waals surface area contributed by atoms with Crippen molar-refractivity contribution in [2.24, 2.45) is 0 Å².